The van der Waals surface area contributed by atoms with Crippen molar-refractivity contribution in [1.29, 1.82) is 0 Å². The van der Waals surface area contributed by atoms with Crippen molar-refractivity contribution in [3.05, 3.63) is 125 Å². The van der Waals surface area contributed by atoms with Crippen molar-refractivity contribution in [2.45, 2.75) is 71.1 Å². The van der Waals surface area contributed by atoms with Gasteiger partial charge in [-0.15, -0.1) is 0 Å². The van der Waals surface area contributed by atoms with Crippen LogP contribution in [0.2, 0.25) is 0 Å². The Kier molecular flexibility index (Phi) is 12.2. The maximum Gasteiger partial charge on any atom is 0.303 e. The number of benzene rings is 3. The number of rotatable bonds is 18. The van der Waals surface area contributed by atoms with Gasteiger partial charge in [0.05, 0.1) is 6.61 Å². The number of aryl methyl sites for hydroxylation is 3. The van der Waals surface area contributed by atoms with Gasteiger partial charge >= 0.3 is 5.97 Å². The van der Waals surface area contributed by atoms with Crippen LogP contribution in [-0.4, -0.2) is 28.0 Å². The standard InChI is InChI=1S/C38H45NO4/c1-3-36-35(27-33(39(36)2)21-12-22-37(40)41)38(42)32-23-25-34(26-24-32)43-28-31(19-10-17-29-13-6-4-7-14-29)20-11-18-30-15-8-5-9-16-30/h4-9,13-16,23-27,31H,3,10-12,17-22,28H2,1-2H3,(H,40,41). The lowest BCUT2D eigenvalue weighted by Crippen LogP contribution is -2.13. The number of nitrogens with zero attached hydrogens (tertiary/aromatic N) is 1. The minimum atomic E-state index is -0.797. The number of carbonyl (C=O) groups excluding carboxylic acids is 1. The molecule has 5 nitrogen and oxygen atoms in total. The van der Waals surface area contributed by atoms with Gasteiger partial charge in [-0.2, -0.15) is 0 Å². The summed E-state index contributed by atoms with van der Waals surface area (Å²) in [5.74, 6) is 0.438. The molecule has 1 heterocycles. The van der Waals surface area contributed by atoms with Crippen molar-refractivity contribution >= 4 is 11.8 Å². The van der Waals surface area contributed by atoms with Gasteiger partial charge < -0.3 is 14.4 Å². The molecule has 0 radical (unpaired) electrons. The highest BCUT2D eigenvalue weighted by Crippen LogP contribution is 2.24. The third kappa shape index (κ3) is 9.71. The minimum Gasteiger partial charge on any atom is -0.493 e. The van der Waals surface area contributed by atoms with Crippen molar-refractivity contribution < 1.29 is 19.4 Å². The van der Waals surface area contributed by atoms with Crippen LogP contribution in [0.3, 0.4) is 0 Å². The molecular weight excluding hydrogens is 534 g/mol. The molecule has 43 heavy (non-hydrogen) atoms. The number of carbonyl (C=O) groups is 2. The van der Waals surface area contributed by atoms with Gasteiger partial charge in [0.15, 0.2) is 5.78 Å². The zero-order valence-corrected chi connectivity index (χ0v) is 25.6. The van der Waals surface area contributed by atoms with Gasteiger partial charge in [-0.1, -0.05) is 67.6 Å². The van der Waals surface area contributed by atoms with E-state index in [-0.39, 0.29) is 12.2 Å². The molecule has 3 aromatic carbocycles. The Balaban J connectivity index is 1.35. The topological polar surface area (TPSA) is 68.5 Å². The highest BCUT2D eigenvalue weighted by atomic mass is 16.5. The summed E-state index contributed by atoms with van der Waals surface area (Å²) in [6, 6.07) is 30.8. The molecule has 4 rings (SSSR count). The number of aromatic nitrogens is 1. The van der Waals surface area contributed by atoms with E-state index in [9.17, 15) is 9.59 Å². The van der Waals surface area contributed by atoms with Gasteiger partial charge in [0.1, 0.15) is 5.75 Å². The molecule has 0 aliphatic heterocycles. The Hall–Kier alpha value is -4.12. The molecule has 0 unspecified atom stereocenters. The summed E-state index contributed by atoms with van der Waals surface area (Å²) in [7, 11) is 1.96. The van der Waals surface area contributed by atoms with Crippen molar-refractivity contribution in [2.75, 3.05) is 6.61 Å². The molecule has 0 saturated heterocycles. The summed E-state index contributed by atoms with van der Waals surface area (Å²) in [5.41, 5.74) is 6.05. The molecule has 0 aliphatic carbocycles. The molecule has 0 aliphatic rings. The first-order chi connectivity index (χ1) is 20.9. The van der Waals surface area contributed by atoms with E-state index in [0.717, 1.165) is 62.1 Å². The fourth-order valence-corrected chi connectivity index (χ4v) is 5.85. The zero-order chi connectivity index (χ0) is 30.4. The first-order valence-electron chi connectivity index (χ1n) is 15.7. The number of ether oxygens (including phenoxy) is 1. The number of carboxylic acids is 1. The quantitative estimate of drug-likeness (QED) is 0.121. The molecule has 0 saturated carbocycles. The van der Waals surface area contributed by atoms with Crippen molar-refractivity contribution in [3.63, 3.8) is 0 Å². The highest BCUT2D eigenvalue weighted by Gasteiger charge is 2.19. The number of carboxylic acid groups (broad SMARTS) is 1. The first kappa shape index (κ1) is 31.8. The van der Waals surface area contributed by atoms with Crippen LogP contribution in [0.15, 0.2) is 91.0 Å². The predicted octanol–water partition coefficient (Wildman–Crippen LogP) is 8.27. The summed E-state index contributed by atoms with van der Waals surface area (Å²) in [6.45, 7) is 2.70. The average molecular weight is 580 g/mol. The second kappa shape index (κ2) is 16.5. The Morgan fingerprint density at radius 2 is 1.37 bits per heavy atom. The molecule has 1 aromatic heterocycles. The number of ketones is 1. The second-order valence-electron chi connectivity index (χ2n) is 11.4. The van der Waals surface area contributed by atoms with Crippen LogP contribution in [0.5, 0.6) is 5.75 Å². The van der Waals surface area contributed by atoms with E-state index in [0.29, 0.717) is 36.5 Å². The van der Waals surface area contributed by atoms with Gasteiger partial charge in [0, 0.05) is 36.0 Å². The van der Waals surface area contributed by atoms with Gasteiger partial charge in [0.2, 0.25) is 0 Å². The van der Waals surface area contributed by atoms with E-state index in [1.165, 1.54) is 11.1 Å². The van der Waals surface area contributed by atoms with Crippen molar-refractivity contribution in [2.24, 2.45) is 13.0 Å². The molecular formula is C38H45NO4. The number of aliphatic carboxylic acids is 1. The van der Waals surface area contributed by atoms with E-state index in [1.807, 2.05) is 48.9 Å². The monoisotopic (exact) mass is 579 g/mol. The number of hydrogen-bond donors (Lipinski definition) is 1. The van der Waals surface area contributed by atoms with Gasteiger partial charge in [-0.05, 0) is 105 Å². The normalized spacial score (nSPS) is 11.1. The Morgan fingerprint density at radius 1 is 0.791 bits per heavy atom. The molecule has 0 amide bonds. The van der Waals surface area contributed by atoms with Gasteiger partial charge in [-0.3, -0.25) is 9.59 Å². The molecule has 0 atom stereocenters. The summed E-state index contributed by atoms with van der Waals surface area (Å²) in [6.07, 6.45) is 8.68. The highest BCUT2D eigenvalue weighted by molar-refractivity contribution is 6.10. The molecule has 4 aromatic rings. The predicted molar refractivity (Wildman–Crippen MR) is 173 cm³/mol. The Bertz CT molecular complexity index is 1380. The average Bonchev–Trinajstić information content (AvgIpc) is 3.35. The van der Waals surface area contributed by atoms with Crippen molar-refractivity contribution in [1.82, 2.24) is 4.57 Å². The summed E-state index contributed by atoms with van der Waals surface area (Å²) < 4.78 is 8.33. The van der Waals surface area contributed by atoms with E-state index < -0.39 is 5.97 Å². The maximum atomic E-state index is 13.5. The fraction of sp³-hybridized carbons (Fsp3) is 0.368. The summed E-state index contributed by atoms with van der Waals surface area (Å²) in [4.78, 5) is 24.4. The molecule has 0 bridgehead atoms. The van der Waals surface area contributed by atoms with Crippen LogP contribution in [0.1, 0.15) is 83.9 Å². The maximum absolute atomic E-state index is 13.5. The van der Waals surface area contributed by atoms with E-state index in [2.05, 4.69) is 60.7 Å². The first-order valence-corrected chi connectivity index (χ1v) is 15.7. The smallest absolute Gasteiger partial charge is 0.303 e. The lowest BCUT2D eigenvalue weighted by molar-refractivity contribution is -0.137. The van der Waals surface area contributed by atoms with Crippen LogP contribution < -0.4 is 4.74 Å². The minimum absolute atomic E-state index is 0.0109. The lowest BCUT2D eigenvalue weighted by Gasteiger charge is -2.18. The van der Waals surface area contributed by atoms with E-state index in [4.69, 9.17) is 9.84 Å². The Morgan fingerprint density at radius 3 is 1.91 bits per heavy atom. The van der Waals surface area contributed by atoms with E-state index in [1.54, 1.807) is 0 Å². The van der Waals surface area contributed by atoms with Crippen LogP contribution in [0.4, 0.5) is 0 Å². The largest absolute Gasteiger partial charge is 0.493 e. The van der Waals surface area contributed by atoms with Gasteiger partial charge in [0.25, 0.3) is 0 Å². The second-order valence-corrected chi connectivity index (χ2v) is 11.4. The van der Waals surface area contributed by atoms with E-state index >= 15 is 0 Å². The van der Waals surface area contributed by atoms with Crippen molar-refractivity contribution in [3.8, 4) is 5.75 Å². The van der Waals surface area contributed by atoms with Crippen LogP contribution in [0.25, 0.3) is 0 Å². The molecule has 0 fully saturated rings. The third-order valence-electron chi connectivity index (χ3n) is 8.30. The van der Waals surface area contributed by atoms with Gasteiger partial charge in [-0.25, -0.2) is 0 Å². The molecule has 5 heteroatoms. The summed E-state index contributed by atoms with van der Waals surface area (Å²) >= 11 is 0. The zero-order valence-electron chi connectivity index (χ0n) is 25.6. The van der Waals surface area contributed by atoms with Crippen LogP contribution in [-0.2, 0) is 37.5 Å². The number of hydrogen-bond acceptors (Lipinski definition) is 3. The summed E-state index contributed by atoms with van der Waals surface area (Å²) in [5, 5.41) is 8.99. The molecule has 0 spiro atoms. The van der Waals surface area contributed by atoms with Crippen LogP contribution in [0, 0.1) is 5.92 Å². The third-order valence-corrected chi connectivity index (χ3v) is 8.30. The van der Waals surface area contributed by atoms with Crippen LogP contribution >= 0.6 is 0 Å². The SMILES string of the molecule is CCc1c(C(=O)c2ccc(OCC(CCCc3ccccc3)CCCc3ccccc3)cc2)cc(CCCC(=O)O)n1C. The molecule has 226 valence electrons. The molecule has 1 N–H and O–H groups in total. The lowest BCUT2D eigenvalue weighted by atomic mass is 9.94. The Labute approximate surface area is 256 Å². The fourth-order valence-electron chi connectivity index (χ4n) is 5.85.